The van der Waals surface area contributed by atoms with E-state index in [-0.39, 0.29) is 24.7 Å². The van der Waals surface area contributed by atoms with Gasteiger partial charge in [-0.1, -0.05) is 12.1 Å². The molecule has 1 aromatic carbocycles. The van der Waals surface area contributed by atoms with E-state index in [9.17, 15) is 14.0 Å². The standard InChI is InChI=1S/C15H21FN2O3/c1-11-8-12(5-6-13(11)16)9-17-14(19)10-18(2)7-3-4-15(20)21/h5-6,8H,3-4,7,9-10H2,1-2H3,(H,17,19)(H,20,21). The lowest BCUT2D eigenvalue weighted by atomic mass is 10.1. The van der Waals surface area contributed by atoms with Gasteiger partial charge in [0.05, 0.1) is 6.54 Å². The molecule has 6 heteroatoms. The largest absolute Gasteiger partial charge is 0.481 e. The number of carboxylic acid groups (broad SMARTS) is 1. The van der Waals surface area contributed by atoms with Crippen LogP contribution >= 0.6 is 0 Å². The summed E-state index contributed by atoms with van der Waals surface area (Å²) in [6.07, 6.45) is 0.608. The van der Waals surface area contributed by atoms with Crippen molar-refractivity contribution >= 4 is 11.9 Å². The van der Waals surface area contributed by atoms with Gasteiger partial charge in [-0.15, -0.1) is 0 Å². The van der Waals surface area contributed by atoms with Crippen molar-refractivity contribution in [1.82, 2.24) is 10.2 Å². The minimum atomic E-state index is -0.834. The molecule has 1 amide bonds. The molecule has 0 aliphatic heterocycles. The normalized spacial score (nSPS) is 10.7. The molecule has 0 atom stereocenters. The summed E-state index contributed by atoms with van der Waals surface area (Å²) in [5.41, 5.74) is 1.39. The number of benzene rings is 1. The number of hydrogen-bond acceptors (Lipinski definition) is 3. The predicted molar refractivity (Wildman–Crippen MR) is 77.4 cm³/mol. The highest BCUT2D eigenvalue weighted by molar-refractivity contribution is 5.78. The van der Waals surface area contributed by atoms with E-state index < -0.39 is 5.97 Å². The summed E-state index contributed by atoms with van der Waals surface area (Å²) < 4.78 is 13.1. The second-order valence-corrected chi connectivity index (χ2v) is 5.10. The number of aliphatic carboxylic acids is 1. The lowest BCUT2D eigenvalue weighted by molar-refractivity contribution is -0.137. The van der Waals surface area contributed by atoms with Crippen molar-refractivity contribution in [3.8, 4) is 0 Å². The molecule has 0 aliphatic carbocycles. The number of amides is 1. The summed E-state index contributed by atoms with van der Waals surface area (Å²) in [7, 11) is 1.77. The van der Waals surface area contributed by atoms with Gasteiger partial charge in [0.25, 0.3) is 0 Å². The van der Waals surface area contributed by atoms with E-state index in [1.807, 2.05) is 0 Å². The fourth-order valence-electron chi connectivity index (χ4n) is 1.90. The van der Waals surface area contributed by atoms with E-state index in [4.69, 9.17) is 5.11 Å². The van der Waals surface area contributed by atoms with Crippen LogP contribution in [-0.4, -0.2) is 42.0 Å². The van der Waals surface area contributed by atoms with Crippen molar-refractivity contribution in [2.45, 2.75) is 26.3 Å². The van der Waals surface area contributed by atoms with Crippen molar-refractivity contribution in [2.75, 3.05) is 20.1 Å². The van der Waals surface area contributed by atoms with Gasteiger partial charge in [-0.25, -0.2) is 4.39 Å². The summed E-state index contributed by atoms with van der Waals surface area (Å²) in [4.78, 5) is 23.9. The Hall–Kier alpha value is -1.95. The molecule has 21 heavy (non-hydrogen) atoms. The van der Waals surface area contributed by atoms with Crippen LogP contribution < -0.4 is 5.32 Å². The highest BCUT2D eigenvalue weighted by atomic mass is 19.1. The molecule has 0 aromatic heterocycles. The molecule has 1 rings (SSSR count). The summed E-state index contributed by atoms with van der Waals surface area (Å²) >= 11 is 0. The van der Waals surface area contributed by atoms with Gasteiger partial charge < -0.3 is 10.4 Å². The van der Waals surface area contributed by atoms with Crippen molar-refractivity contribution in [1.29, 1.82) is 0 Å². The molecular weight excluding hydrogens is 275 g/mol. The number of rotatable bonds is 8. The van der Waals surface area contributed by atoms with Crippen molar-refractivity contribution < 1.29 is 19.1 Å². The van der Waals surface area contributed by atoms with Gasteiger partial charge in [-0.3, -0.25) is 14.5 Å². The Labute approximate surface area is 123 Å². The Kier molecular flexibility index (Phi) is 6.81. The fraction of sp³-hybridized carbons (Fsp3) is 0.467. The van der Waals surface area contributed by atoms with E-state index in [0.717, 1.165) is 5.56 Å². The molecule has 0 spiro atoms. The van der Waals surface area contributed by atoms with Gasteiger partial charge in [-0.05, 0) is 44.1 Å². The van der Waals surface area contributed by atoms with Crippen LogP contribution in [0.25, 0.3) is 0 Å². The molecule has 5 nitrogen and oxygen atoms in total. The first-order valence-corrected chi connectivity index (χ1v) is 6.80. The predicted octanol–water partition coefficient (Wildman–Crippen LogP) is 1.55. The quantitative estimate of drug-likeness (QED) is 0.763. The maximum Gasteiger partial charge on any atom is 0.303 e. The minimum Gasteiger partial charge on any atom is -0.481 e. The smallest absolute Gasteiger partial charge is 0.303 e. The first-order chi connectivity index (χ1) is 9.88. The summed E-state index contributed by atoms with van der Waals surface area (Å²) in [5.74, 6) is -1.24. The first-order valence-electron chi connectivity index (χ1n) is 6.80. The lowest BCUT2D eigenvalue weighted by Gasteiger charge is -2.15. The minimum absolute atomic E-state index is 0.0980. The molecule has 0 radical (unpaired) electrons. The first kappa shape index (κ1) is 17.1. The molecule has 1 aromatic rings. The topological polar surface area (TPSA) is 69.6 Å². The van der Waals surface area contributed by atoms with E-state index in [0.29, 0.717) is 25.1 Å². The zero-order valence-electron chi connectivity index (χ0n) is 12.4. The number of likely N-dealkylation sites (N-methyl/N-ethyl adjacent to an activating group) is 1. The maximum atomic E-state index is 13.1. The zero-order valence-corrected chi connectivity index (χ0v) is 12.4. The van der Waals surface area contributed by atoms with Gasteiger partial charge in [0.1, 0.15) is 5.82 Å². The lowest BCUT2D eigenvalue weighted by Crippen LogP contribution is -2.35. The zero-order chi connectivity index (χ0) is 15.8. The second kappa shape index (κ2) is 8.36. The van der Waals surface area contributed by atoms with Gasteiger partial charge in [0.2, 0.25) is 5.91 Å². The SMILES string of the molecule is Cc1cc(CNC(=O)CN(C)CCCC(=O)O)ccc1F. The molecule has 0 aliphatic rings. The average molecular weight is 296 g/mol. The van der Waals surface area contributed by atoms with E-state index >= 15 is 0 Å². The number of carbonyl (C=O) groups excluding carboxylic acids is 1. The van der Waals surface area contributed by atoms with Crippen molar-refractivity contribution in [3.05, 3.63) is 35.1 Å². The Morgan fingerprint density at radius 3 is 2.71 bits per heavy atom. The molecule has 2 N–H and O–H groups in total. The Bertz CT molecular complexity index is 506. The van der Waals surface area contributed by atoms with E-state index in [1.165, 1.54) is 6.07 Å². The molecule has 0 fully saturated rings. The molecule has 116 valence electrons. The fourth-order valence-corrected chi connectivity index (χ4v) is 1.90. The van der Waals surface area contributed by atoms with Crippen LogP contribution in [-0.2, 0) is 16.1 Å². The Morgan fingerprint density at radius 2 is 2.10 bits per heavy atom. The van der Waals surface area contributed by atoms with Crippen LogP contribution in [0.5, 0.6) is 0 Å². The molecule has 0 bridgehead atoms. The monoisotopic (exact) mass is 296 g/mol. The van der Waals surface area contributed by atoms with Crippen LogP contribution in [0.4, 0.5) is 4.39 Å². The number of nitrogens with zero attached hydrogens (tertiary/aromatic N) is 1. The number of carbonyl (C=O) groups is 2. The van der Waals surface area contributed by atoms with Gasteiger partial charge in [0, 0.05) is 13.0 Å². The summed E-state index contributed by atoms with van der Waals surface area (Å²) in [6.45, 7) is 2.79. The van der Waals surface area contributed by atoms with Crippen molar-refractivity contribution in [2.24, 2.45) is 0 Å². The Balaban J connectivity index is 2.30. The maximum absolute atomic E-state index is 13.1. The Morgan fingerprint density at radius 1 is 1.38 bits per heavy atom. The van der Waals surface area contributed by atoms with Crippen LogP contribution in [0.2, 0.25) is 0 Å². The van der Waals surface area contributed by atoms with Crippen LogP contribution in [0.1, 0.15) is 24.0 Å². The second-order valence-electron chi connectivity index (χ2n) is 5.10. The van der Waals surface area contributed by atoms with E-state index in [1.54, 1.807) is 31.0 Å². The number of carboxylic acids is 1. The molecule has 0 saturated carbocycles. The van der Waals surface area contributed by atoms with Crippen LogP contribution in [0, 0.1) is 12.7 Å². The number of nitrogens with one attached hydrogen (secondary N) is 1. The average Bonchev–Trinajstić information content (AvgIpc) is 2.39. The molecule has 0 unspecified atom stereocenters. The van der Waals surface area contributed by atoms with Crippen LogP contribution in [0.15, 0.2) is 18.2 Å². The van der Waals surface area contributed by atoms with E-state index in [2.05, 4.69) is 5.32 Å². The molecule has 0 heterocycles. The molecule has 0 saturated heterocycles. The number of hydrogen-bond donors (Lipinski definition) is 2. The number of halogens is 1. The van der Waals surface area contributed by atoms with Gasteiger partial charge in [0.15, 0.2) is 0 Å². The third-order valence-electron chi connectivity index (χ3n) is 3.06. The van der Waals surface area contributed by atoms with Crippen LogP contribution in [0.3, 0.4) is 0 Å². The summed E-state index contributed by atoms with van der Waals surface area (Å²) in [5, 5.41) is 11.3. The van der Waals surface area contributed by atoms with Gasteiger partial charge >= 0.3 is 5.97 Å². The summed E-state index contributed by atoms with van der Waals surface area (Å²) in [6, 6.07) is 4.72. The highest BCUT2D eigenvalue weighted by Gasteiger charge is 2.07. The number of aryl methyl sites for hydroxylation is 1. The third-order valence-corrected chi connectivity index (χ3v) is 3.06. The van der Waals surface area contributed by atoms with Gasteiger partial charge in [-0.2, -0.15) is 0 Å². The molecular formula is C15H21FN2O3. The highest BCUT2D eigenvalue weighted by Crippen LogP contribution is 2.08. The third kappa shape index (κ3) is 6.85. The van der Waals surface area contributed by atoms with Crippen molar-refractivity contribution in [3.63, 3.8) is 0 Å².